The van der Waals surface area contributed by atoms with Gasteiger partial charge in [0.15, 0.2) is 0 Å². The third kappa shape index (κ3) is 4.31. The van der Waals surface area contributed by atoms with E-state index in [9.17, 15) is 9.90 Å². The van der Waals surface area contributed by atoms with Gasteiger partial charge in [-0.05, 0) is 56.5 Å². The Kier molecular flexibility index (Phi) is 6.30. The van der Waals surface area contributed by atoms with Crippen LogP contribution >= 0.6 is 0 Å². The third-order valence-electron chi connectivity index (χ3n) is 6.27. The maximum Gasteiger partial charge on any atom is 0.335 e. The molecule has 0 aliphatic carbocycles. The molecular weight excluding hydrogens is 392 g/mol. The standard InChI is InChI=1S/C25H30N2O4/c1-4-31-20-11-13-26(23(15-20)18-7-9-19(10-8-18)25(28)29)16-21-22-6-5-12-27(22)17(2)14-24(21)30-3/h5-10,12,14,20,23H,4,11,13,15-16H2,1-3H3,(H,28,29)/t20-,23-/m0/s1. The summed E-state index contributed by atoms with van der Waals surface area (Å²) in [6, 6.07) is 13.7. The number of aryl methyl sites for hydroxylation is 1. The number of hydrogen-bond donors (Lipinski definition) is 1. The number of fused-ring (bicyclic) bond motifs is 1. The molecule has 0 spiro atoms. The van der Waals surface area contributed by atoms with Gasteiger partial charge in [0.05, 0.1) is 24.3 Å². The average molecular weight is 423 g/mol. The number of ether oxygens (including phenoxy) is 2. The number of benzene rings is 1. The fourth-order valence-electron chi connectivity index (χ4n) is 4.70. The lowest BCUT2D eigenvalue weighted by Gasteiger charge is -2.40. The maximum absolute atomic E-state index is 11.3. The first-order valence-electron chi connectivity index (χ1n) is 10.8. The summed E-state index contributed by atoms with van der Waals surface area (Å²) in [6.45, 7) is 6.47. The summed E-state index contributed by atoms with van der Waals surface area (Å²) in [4.78, 5) is 13.7. The number of aromatic nitrogens is 1. The predicted molar refractivity (Wildman–Crippen MR) is 120 cm³/mol. The Bertz CT molecular complexity index is 1060. The number of carboxylic acid groups (broad SMARTS) is 1. The monoisotopic (exact) mass is 422 g/mol. The van der Waals surface area contributed by atoms with Gasteiger partial charge in [0, 0.05) is 49.3 Å². The molecule has 164 valence electrons. The van der Waals surface area contributed by atoms with Crippen LogP contribution in [-0.2, 0) is 11.3 Å². The van der Waals surface area contributed by atoms with Gasteiger partial charge in [-0.1, -0.05) is 12.1 Å². The molecule has 1 saturated heterocycles. The highest BCUT2D eigenvalue weighted by molar-refractivity contribution is 5.87. The molecule has 6 nitrogen and oxygen atoms in total. The van der Waals surface area contributed by atoms with Crippen LogP contribution in [0.15, 0.2) is 48.7 Å². The first-order valence-corrected chi connectivity index (χ1v) is 10.8. The second kappa shape index (κ2) is 9.12. The van der Waals surface area contributed by atoms with Crippen LogP contribution in [0.5, 0.6) is 5.75 Å². The Morgan fingerprint density at radius 2 is 2.00 bits per heavy atom. The van der Waals surface area contributed by atoms with Crippen LogP contribution in [0.1, 0.15) is 53.0 Å². The van der Waals surface area contributed by atoms with Crippen molar-refractivity contribution in [1.29, 1.82) is 0 Å². The van der Waals surface area contributed by atoms with Gasteiger partial charge in [0.2, 0.25) is 0 Å². The van der Waals surface area contributed by atoms with Crippen molar-refractivity contribution in [2.24, 2.45) is 0 Å². The van der Waals surface area contributed by atoms with Crippen molar-refractivity contribution in [2.45, 2.75) is 45.4 Å². The van der Waals surface area contributed by atoms with Crippen molar-refractivity contribution >= 4 is 11.5 Å². The first-order chi connectivity index (χ1) is 15.0. The maximum atomic E-state index is 11.3. The van der Waals surface area contributed by atoms with Gasteiger partial charge < -0.3 is 19.0 Å². The molecule has 31 heavy (non-hydrogen) atoms. The van der Waals surface area contributed by atoms with Crippen LogP contribution in [0, 0.1) is 6.92 Å². The van der Waals surface area contributed by atoms with Crippen LogP contribution in [0.25, 0.3) is 5.52 Å². The lowest BCUT2D eigenvalue weighted by atomic mass is 9.92. The minimum Gasteiger partial charge on any atom is -0.496 e. The number of aromatic carboxylic acids is 1. The molecule has 2 aromatic heterocycles. The van der Waals surface area contributed by atoms with E-state index < -0.39 is 5.97 Å². The molecule has 6 heteroatoms. The summed E-state index contributed by atoms with van der Waals surface area (Å²) in [5, 5.41) is 9.26. The van der Waals surface area contributed by atoms with Crippen molar-refractivity contribution in [3.05, 3.63) is 71.0 Å². The molecule has 3 aromatic rings. The molecule has 1 aliphatic heterocycles. The Balaban J connectivity index is 1.69. The van der Waals surface area contributed by atoms with Crippen LogP contribution in [0.2, 0.25) is 0 Å². The van der Waals surface area contributed by atoms with E-state index in [1.54, 1.807) is 19.2 Å². The molecule has 3 heterocycles. The molecular formula is C25H30N2O4. The molecule has 4 rings (SSSR count). The number of carbonyl (C=O) groups is 1. The fraction of sp³-hybridized carbons (Fsp3) is 0.400. The van der Waals surface area contributed by atoms with E-state index in [-0.39, 0.29) is 12.1 Å². The molecule has 1 aliphatic rings. The largest absolute Gasteiger partial charge is 0.496 e. The third-order valence-corrected chi connectivity index (χ3v) is 6.27. The first kappa shape index (κ1) is 21.4. The van der Waals surface area contributed by atoms with Crippen molar-refractivity contribution in [2.75, 3.05) is 20.3 Å². The van der Waals surface area contributed by atoms with Crippen molar-refractivity contribution < 1.29 is 19.4 Å². The summed E-state index contributed by atoms with van der Waals surface area (Å²) in [5.74, 6) is -0.00475. The summed E-state index contributed by atoms with van der Waals surface area (Å²) < 4.78 is 13.9. The van der Waals surface area contributed by atoms with Crippen molar-refractivity contribution in [3.8, 4) is 5.75 Å². The van der Waals surface area contributed by atoms with Gasteiger partial charge in [0.25, 0.3) is 0 Å². The molecule has 0 saturated carbocycles. The number of methoxy groups -OCH3 is 1. The van der Waals surface area contributed by atoms with E-state index in [1.807, 2.05) is 19.1 Å². The van der Waals surface area contributed by atoms with E-state index >= 15 is 0 Å². The molecule has 0 bridgehead atoms. The summed E-state index contributed by atoms with van der Waals surface area (Å²) in [7, 11) is 1.72. The number of likely N-dealkylation sites (tertiary alicyclic amines) is 1. The van der Waals surface area contributed by atoms with E-state index in [0.29, 0.717) is 12.2 Å². The van der Waals surface area contributed by atoms with Crippen LogP contribution in [0.4, 0.5) is 0 Å². The second-order valence-corrected chi connectivity index (χ2v) is 8.11. The molecule has 1 fully saturated rings. The zero-order chi connectivity index (χ0) is 22.0. The van der Waals surface area contributed by atoms with Gasteiger partial charge in [-0.25, -0.2) is 4.79 Å². The van der Waals surface area contributed by atoms with Crippen LogP contribution in [-0.4, -0.2) is 46.7 Å². The molecule has 0 unspecified atom stereocenters. The van der Waals surface area contributed by atoms with E-state index in [4.69, 9.17) is 9.47 Å². The highest BCUT2D eigenvalue weighted by Gasteiger charge is 2.31. The summed E-state index contributed by atoms with van der Waals surface area (Å²) in [6.07, 6.45) is 4.14. The molecule has 2 atom stereocenters. The average Bonchev–Trinajstić information content (AvgIpc) is 3.27. The SMILES string of the molecule is CCO[C@H]1CCN(Cc2c(OC)cc(C)n3cccc23)[C@H](c2ccc(C(=O)O)cc2)C1. The lowest BCUT2D eigenvalue weighted by molar-refractivity contribution is -0.0138. The van der Waals surface area contributed by atoms with E-state index in [0.717, 1.165) is 48.5 Å². The molecule has 1 N–H and O–H groups in total. The Morgan fingerprint density at radius 3 is 2.68 bits per heavy atom. The number of piperidine rings is 1. The van der Waals surface area contributed by atoms with Crippen LogP contribution in [0.3, 0.4) is 0 Å². The second-order valence-electron chi connectivity index (χ2n) is 8.11. The number of pyridine rings is 1. The summed E-state index contributed by atoms with van der Waals surface area (Å²) >= 11 is 0. The number of nitrogens with zero attached hydrogens (tertiary/aromatic N) is 2. The zero-order valence-electron chi connectivity index (χ0n) is 18.4. The van der Waals surface area contributed by atoms with Gasteiger partial charge in [-0.2, -0.15) is 0 Å². The molecule has 1 aromatic carbocycles. The van der Waals surface area contributed by atoms with E-state index in [1.165, 1.54) is 5.56 Å². The quantitative estimate of drug-likeness (QED) is 0.598. The van der Waals surface area contributed by atoms with Crippen LogP contribution < -0.4 is 4.74 Å². The minimum atomic E-state index is -0.903. The predicted octanol–water partition coefficient (Wildman–Crippen LogP) is 4.70. The highest BCUT2D eigenvalue weighted by Crippen LogP contribution is 2.36. The lowest BCUT2D eigenvalue weighted by Crippen LogP contribution is -2.39. The van der Waals surface area contributed by atoms with Gasteiger partial charge >= 0.3 is 5.97 Å². The van der Waals surface area contributed by atoms with Gasteiger partial charge in [-0.15, -0.1) is 0 Å². The van der Waals surface area contributed by atoms with Gasteiger partial charge in [0.1, 0.15) is 5.75 Å². The Labute approximate surface area is 183 Å². The normalized spacial score (nSPS) is 19.6. The number of hydrogen-bond acceptors (Lipinski definition) is 4. The fourth-order valence-corrected chi connectivity index (χ4v) is 4.70. The highest BCUT2D eigenvalue weighted by atomic mass is 16.5. The van der Waals surface area contributed by atoms with E-state index in [2.05, 4.69) is 40.6 Å². The Morgan fingerprint density at radius 1 is 1.23 bits per heavy atom. The molecule has 0 amide bonds. The zero-order valence-corrected chi connectivity index (χ0v) is 18.4. The topological polar surface area (TPSA) is 63.4 Å². The van der Waals surface area contributed by atoms with Crippen molar-refractivity contribution in [1.82, 2.24) is 9.30 Å². The smallest absolute Gasteiger partial charge is 0.335 e. The van der Waals surface area contributed by atoms with Crippen molar-refractivity contribution in [3.63, 3.8) is 0 Å². The molecule has 0 radical (unpaired) electrons. The number of rotatable bonds is 7. The summed E-state index contributed by atoms with van der Waals surface area (Å²) in [5.41, 5.74) is 4.88. The minimum absolute atomic E-state index is 0.147. The number of carboxylic acids is 1. The van der Waals surface area contributed by atoms with Gasteiger partial charge in [-0.3, -0.25) is 4.90 Å². The Hall–Kier alpha value is -2.83.